The van der Waals surface area contributed by atoms with Crippen LogP contribution in [0.2, 0.25) is 0 Å². The summed E-state index contributed by atoms with van der Waals surface area (Å²) < 4.78 is 0. The second-order valence-corrected chi connectivity index (χ2v) is 6.11. The lowest BCUT2D eigenvalue weighted by atomic mass is 10.0. The highest BCUT2D eigenvalue weighted by atomic mass is 16.6. The molecule has 1 atom stereocenters. The van der Waals surface area contributed by atoms with Crippen molar-refractivity contribution in [1.29, 1.82) is 0 Å². The van der Waals surface area contributed by atoms with Gasteiger partial charge < -0.3 is 5.11 Å². The summed E-state index contributed by atoms with van der Waals surface area (Å²) in [4.78, 5) is 22.8. The smallest absolute Gasteiger partial charge is 0.269 e. The van der Waals surface area contributed by atoms with E-state index >= 15 is 0 Å². The molecule has 2 aromatic carbocycles. The Morgan fingerprint density at radius 1 is 1.24 bits per heavy atom. The van der Waals surface area contributed by atoms with E-state index in [-0.39, 0.29) is 24.4 Å². The molecule has 0 saturated heterocycles. The minimum Gasteiger partial charge on any atom is -0.369 e. The molecule has 1 aliphatic rings. The van der Waals surface area contributed by atoms with Crippen LogP contribution < -0.4 is 0 Å². The van der Waals surface area contributed by atoms with Gasteiger partial charge in [-0.2, -0.15) is 5.10 Å². The lowest BCUT2D eigenvalue weighted by molar-refractivity contribution is -0.384. The van der Waals surface area contributed by atoms with Gasteiger partial charge >= 0.3 is 0 Å². The molecule has 0 bridgehead atoms. The zero-order valence-corrected chi connectivity index (χ0v) is 13.6. The molecular formula is C18H17N3O4. The molecule has 3 rings (SSSR count). The molecule has 1 amide bonds. The molecule has 0 fully saturated rings. The third kappa shape index (κ3) is 3.56. The first-order valence-electron chi connectivity index (χ1n) is 7.78. The van der Waals surface area contributed by atoms with Crippen LogP contribution in [0.3, 0.4) is 0 Å². The fraction of sp³-hybridized carbons (Fsp3) is 0.222. The number of nitro benzene ring substituents is 1. The Labute approximate surface area is 144 Å². The second-order valence-electron chi connectivity index (χ2n) is 6.11. The van der Waals surface area contributed by atoms with Crippen LogP contribution in [0.4, 0.5) is 5.69 Å². The predicted octanol–water partition coefficient (Wildman–Crippen LogP) is 2.48. The molecule has 0 aliphatic carbocycles. The molecular weight excluding hydrogens is 322 g/mol. The van der Waals surface area contributed by atoms with Gasteiger partial charge in [0.05, 0.1) is 17.1 Å². The van der Waals surface area contributed by atoms with Crippen LogP contribution in [0.1, 0.15) is 24.5 Å². The van der Waals surface area contributed by atoms with E-state index in [1.165, 1.54) is 19.1 Å². The van der Waals surface area contributed by atoms with E-state index in [4.69, 9.17) is 0 Å². The van der Waals surface area contributed by atoms with Crippen LogP contribution in [-0.4, -0.2) is 32.4 Å². The predicted molar refractivity (Wildman–Crippen MR) is 91.9 cm³/mol. The summed E-state index contributed by atoms with van der Waals surface area (Å²) in [6.45, 7) is 1.53. The Morgan fingerprint density at radius 3 is 2.48 bits per heavy atom. The number of benzene rings is 2. The van der Waals surface area contributed by atoms with Gasteiger partial charge in [-0.15, -0.1) is 0 Å². The molecule has 1 aliphatic heterocycles. The number of amides is 1. The molecule has 7 nitrogen and oxygen atoms in total. The molecule has 0 saturated carbocycles. The van der Waals surface area contributed by atoms with Gasteiger partial charge in [0.25, 0.3) is 5.69 Å². The highest BCUT2D eigenvalue weighted by Gasteiger charge is 2.40. The van der Waals surface area contributed by atoms with Gasteiger partial charge in [-0.05, 0) is 30.2 Å². The van der Waals surface area contributed by atoms with Crippen molar-refractivity contribution in [3.8, 4) is 0 Å². The summed E-state index contributed by atoms with van der Waals surface area (Å²) in [7, 11) is 0. The molecule has 1 unspecified atom stereocenters. The van der Waals surface area contributed by atoms with Crippen LogP contribution >= 0.6 is 0 Å². The second kappa shape index (κ2) is 6.45. The van der Waals surface area contributed by atoms with Crippen molar-refractivity contribution in [3.05, 3.63) is 75.8 Å². The highest BCUT2D eigenvalue weighted by molar-refractivity contribution is 6.03. The van der Waals surface area contributed by atoms with Crippen molar-refractivity contribution in [2.24, 2.45) is 5.10 Å². The summed E-state index contributed by atoms with van der Waals surface area (Å²) in [5.41, 5.74) is 0.541. The number of hydrazone groups is 1. The van der Waals surface area contributed by atoms with Crippen LogP contribution in [-0.2, 0) is 11.2 Å². The first-order valence-corrected chi connectivity index (χ1v) is 7.78. The van der Waals surface area contributed by atoms with Crippen LogP contribution in [0.5, 0.6) is 0 Å². The maximum absolute atomic E-state index is 12.5. The SMILES string of the molecule is CC1(O)CC(c2ccc([N+](=O)[O-])cc2)=NN1C(=O)Cc1ccccc1. The van der Waals surface area contributed by atoms with Crippen LogP contribution in [0, 0.1) is 10.1 Å². The van der Waals surface area contributed by atoms with Gasteiger partial charge in [0.2, 0.25) is 5.91 Å². The molecule has 7 heteroatoms. The van der Waals surface area contributed by atoms with E-state index < -0.39 is 10.6 Å². The molecule has 1 heterocycles. The molecule has 0 spiro atoms. The Kier molecular flexibility index (Phi) is 4.33. The summed E-state index contributed by atoms with van der Waals surface area (Å²) in [5.74, 6) is -0.312. The average Bonchev–Trinajstić information content (AvgIpc) is 2.91. The van der Waals surface area contributed by atoms with E-state index in [1.807, 2.05) is 30.3 Å². The number of carbonyl (C=O) groups excluding carboxylic acids is 1. The normalized spacial score (nSPS) is 19.6. The topological polar surface area (TPSA) is 96.0 Å². The fourth-order valence-corrected chi connectivity index (χ4v) is 2.76. The van der Waals surface area contributed by atoms with Crippen molar-refractivity contribution in [3.63, 3.8) is 0 Å². The quantitative estimate of drug-likeness (QED) is 0.683. The maximum Gasteiger partial charge on any atom is 0.269 e. The van der Waals surface area contributed by atoms with Gasteiger partial charge in [-0.3, -0.25) is 14.9 Å². The molecule has 0 radical (unpaired) electrons. The molecule has 2 aromatic rings. The van der Waals surface area contributed by atoms with E-state index in [9.17, 15) is 20.0 Å². The van der Waals surface area contributed by atoms with Gasteiger partial charge in [-0.1, -0.05) is 30.3 Å². The zero-order chi connectivity index (χ0) is 18.0. The Balaban J connectivity index is 1.82. The van der Waals surface area contributed by atoms with Crippen molar-refractivity contribution in [1.82, 2.24) is 5.01 Å². The highest BCUT2D eigenvalue weighted by Crippen LogP contribution is 2.29. The van der Waals surface area contributed by atoms with Crippen molar-refractivity contribution in [2.75, 3.05) is 0 Å². The van der Waals surface area contributed by atoms with Gasteiger partial charge in [0, 0.05) is 18.6 Å². The minimum absolute atomic E-state index is 0.0221. The van der Waals surface area contributed by atoms with E-state index in [0.29, 0.717) is 11.3 Å². The Hall–Kier alpha value is -3.06. The summed E-state index contributed by atoms with van der Waals surface area (Å²) in [6, 6.07) is 15.1. The van der Waals surface area contributed by atoms with Gasteiger partial charge in [0.1, 0.15) is 0 Å². The minimum atomic E-state index is -1.43. The largest absolute Gasteiger partial charge is 0.369 e. The van der Waals surface area contributed by atoms with Gasteiger partial charge in [-0.25, -0.2) is 5.01 Å². The standard InChI is InChI=1S/C18H17N3O4/c1-18(23)12-16(14-7-9-15(10-8-14)21(24)25)19-20(18)17(22)11-13-5-3-2-4-6-13/h2-10,23H,11-12H2,1H3. The fourth-order valence-electron chi connectivity index (χ4n) is 2.76. The number of aliphatic hydroxyl groups is 1. The van der Waals surface area contributed by atoms with Crippen molar-refractivity contribution >= 4 is 17.3 Å². The number of non-ortho nitro benzene ring substituents is 1. The third-order valence-electron chi connectivity index (χ3n) is 4.03. The monoisotopic (exact) mass is 339 g/mol. The first kappa shape index (κ1) is 16.8. The lowest BCUT2D eigenvalue weighted by Crippen LogP contribution is -2.43. The third-order valence-corrected chi connectivity index (χ3v) is 4.03. The zero-order valence-electron chi connectivity index (χ0n) is 13.6. The van der Waals surface area contributed by atoms with Crippen LogP contribution in [0.15, 0.2) is 59.7 Å². The molecule has 25 heavy (non-hydrogen) atoms. The first-order chi connectivity index (χ1) is 11.9. The number of hydrogen-bond acceptors (Lipinski definition) is 5. The van der Waals surface area contributed by atoms with Gasteiger partial charge in [0.15, 0.2) is 5.72 Å². The summed E-state index contributed by atoms with van der Waals surface area (Å²) in [5, 5.41) is 26.6. The van der Waals surface area contributed by atoms with E-state index in [2.05, 4.69) is 5.10 Å². The molecule has 128 valence electrons. The maximum atomic E-state index is 12.5. The van der Waals surface area contributed by atoms with E-state index in [1.54, 1.807) is 12.1 Å². The summed E-state index contributed by atoms with van der Waals surface area (Å²) in [6.07, 6.45) is 0.291. The Morgan fingerprint density at radius 2 is 1.88 bits per heavy atom. The number of rotatable bonds is 4. The van der Waals surface area contributed by atoms with E-state index in [0.717, 1.165) is 10.6 Å². The van der Waals surface area contributed by atoms with Crippen molar-refractivity contribution < 1.29 is 14.8 Å². The van der Waals surface area contributed by atoms with Crippen molar-refractivity contribution in [2.45, 2.75) is 25.5 Å². The Bertz CT molecular complexity index is 829. The molecule has 0 aromatic heterocycles. The number of carbonyl (C=O) groups is 1. The average molecular weight is 339 g/mol. The number of nitrogens with zero attached hydrogens (tertiary/aromatic N) is 3. The lowest BCUT2D eigenvalue weighted by Gasteiger charge is -2.26. The number of hydrogen-bond donors (Lipinski definition) is 1. The number of nitro groups is 1. The summed E-state index contributed by atoms with van der Waals surface area (Å²) >= 11 is 0. The molecule has 1 N–H and O–H groups in total. The van der Waals surface area contributed by atoms with Crippen LogP contribution in [0.25, 0.3) is 0 Å².